The van der Waals surface area contributed by atoms with Crippen molar-refractivity contribution in [2.45, 2.75) is 13.3 Å². The van der Waals surface area contributed by atoms with Gasteiger partial charge in [-0.1, -0.05) is 6.07 Å². The standard InChI is InChI=1S/C13H22N2O2S/c1-11-6-7-12(10-13(11)15(2)3)14-8-5-9-18(4,16)17/h6-7,10,14H,5,8-9H2,1-4H3. The van der Waals surface area contributed by atoms with Gasteiger partial charge in [0, 0.05) is 38.3 Å². The molecule has 5 heteroatoms. The van der Waals surface area contributed by atoms with E-state index in [1.807, 2.05) is 20.2 Å². The Morgan fingerprint density at radius 1 is 1.28 bits per heavy atom. The molecular formula is C13H22N2O2S. The zero-order chi connectivity index (χ0) is 13.8. The lowest BCUT2D eigenvalue weighted by molar-refractivity contribution is 0.600. The van der Waals surface area contributed by atoms with E-state index in [1.165, 1.54) is 17.5 Å². The highest BCUT2D eigenvalue weighted by Crippen LogP contribution is 2.22. The van der Waals surface area contributed by atoms with Crippen LogP contribution in [-0.2, 0) is 9.84 Å². The lowest BCUT2D eigenvalue weighted by Crippen LogP contribution is -2.12. The third-order valence-electron chi connectivity index (χ3n) is 2.71. The van der Waals surface area contributed by atoms with Crippen LogP contribution in [0.5, 0.6) is 0 Å². The second-order valence-electron chi connectivity index (χ2n) is 4.81. The predicted octanol–water partition coefficient (Wildman–Crippen LogP) is 1.91. The minimum absolute atomic E-state index is 0.229. The van der Waals surface area contributed by atoms with Crippen molar-refractivity contribution in [1.82, 2.24) is 0 Å². The Bertz CT molecular complexity index is 496. The summed E-state index contributed by atoms with van der Waals surface area (Å²) in [6.07, 6.45) is 1.90. The summed E-state index contributed by atoms with van der Waals surface area (Å²) in [7, 11) is 1.16. The third kappa shape index (κ3) is 4.96. The first-order chi connectivity index (χ1) is 8.29. The van der Waals surface area contributed by atoms with Gasteiger partial charge in [-0.3, -0.25) is 0 Å². The SMILES string of the molecule is Cc1ccc(NCCCS(C)(=O)=O)cc1N(C)C. The Morgan fingerprint density at radius 2 is 1.94 bits per heavy atom. The van der Waals surface area contributed by atoms with Crippen LogP contribution in [0.2, 0.25) is 0 Å². The fraction of sp³-hybridized carbons (Fsp3) is 0.538. The molecule has 0 saturated heterocycles. The molecule has 0 aliphatic heterocycles. The molecule has 0 saturated carbocycles. The molecule has 0 spiro atoms. The van der Waals surface area contributed by atoms with E-state index >= 15 is 0 Å². The molecule has 18 heavy (non-hydrogen) atoms. The molecule has 0 aliphatic carbocycles. The molecule has 0 aromatic heterocycles. The molecule has 0 atom stereocenters. The van der Waals surface area contributed by atoms with Crippen LogP contribution >= 0.6 is 0 Å². The molecule has 102 valence electrons. The monoisotopic (exact) mass is 270 g/mol. The second-order valence-corrected chi connectivity index (χ2v) is 7.07. The molecule has 1 aromatic carbocycles. The number of nitrogens with zero attached hydrogens (tertiary/aromatic N) is 1. The van der Waals surface area contributed by atoms with Crippen molar-refractivity contribution in [3.8, 4) is 0 Å². The maximum absolute atomic E-state index is 11.0. The first kappa shape index (κ1) is 14.8. The third-order valence-corrected chi connectivity index (χ3v) is 3.74. The zero-order valence-corrected chi connectivity index (χ0v) is 12.3. The largest absolute Gasteiger partial charge is 0.385 e. The summed E-state index contributed by atoms with van der Waals surface area (Å²) in [6, 6.07) is 6.16. The van der Waals surface area contributed by atoms with Gasteiger partial charge < -0.3 is 10.2 Å². The van der Waals surface area contributed by atoms with E-state index in [4.69, 9.17) is 0 Å². The van der Waals surface area contributed by atoms with Crippen molar-refractivity contribution in [3.63, 3.8) is 0 Å². The van der Waals surface area contributed by atoms with Gasteiger partial charge in [-0.2, -0.15) is 0 Å². The van der Waals surface area contributed by atoms with Gasteiger partial charge in [0.2, 0.25) is 0 Å². The van der Waals surface area contributed by atoms with E-state index < -0.39 is 9.84 Å². The number of benzene rings is 1. The lowest BCUT2D eigenvalue weighted by atomic mass is 10.1. The van der Waals surface area contributed by atoms with Crippen molar-refractivity contribution in [1.29, 1.82) is 0 Å². The number of hydrogen-bond acceptors (Lipinski definition) is 4. The molecule has 0 unspecified atom stereocenters. The summed E-state index contributed by atoms with van der Waals surface area (Å²) in [5, 5.41) is 3.25. The average Bonchev–Trinajstić information content (AvgIpc) is 2.24. The summed E-state index contributed by atoms with van der Waals surface area (Å²) in [5.41, 5.74) is 3.42. The topological polar surface area (TPSA) is 49.4 Å². The quantitative estimate of drug-likeness (QED) is 0.802. The van der Waals surface area contributed by atoms with Gasteiger partial charge in [0.05, 0.1) is 5.75 Å². The van der Waals surface area contributed by atoms with Crippen molar-refractivity contribution in [2.24, 2.45) is 0 Å². The van der Waals surface area contributed by atoms with Crippen LogP contribution in [0.25, 0.3) is 0 Å². The van der Waals surface area contributed by atoms with Gasteiger partial charge in [-0.15, -0.1) is 0 Å². The maximum Gasteiger partial charge on any atom is 0.147 e. The van der Waals surface area contributed by atoms with Crippen molar-refractivity contribution in [2.75, 3.05) is 42.9 Å². The van der Waals surface area contributed by atoms with Crippen LogP contribution in [0.4, 0.5) is 11.4 Å². The number of hydrogen-bond donors (Lipinski definition) is 1. The van der Waals surface area contributed by atoms with Gasteiger partial charge in [0.25, 0.3) is 0 Å². The van der Waals surface area contributed by atoms with E-state index in [-0.39, 0.29) is 5.75 Å². The molecule has 0 heterocycles. The van der Waals surface area contributed by atoms with Crippen LogP contribution in [0.1, 0.15) is 12.0 Å². The number of rotatable bonds is 6. The van der Waals surface area contributed by atoms with Crippen molar-refractivity contribution in [3.05, 3.63) is 23.8 Å². The average molecular weight is 270 g/mol. The Kier molecular flexibility index (Phi) is 5.02. The highest BCUT2D eigenvalue weighted by atomic mass is 32.2. The fourth-order valence-corrected chi connectivity index (χ4v) is 2.44. The minimum Gasteiger partial charge on any atom is -0.385 e. The summed E-state index contributed by atoms with van der Waals surface area (Å²) in [5.74, 6) is 0.229. The van der Waals surface area contributed by atoms with Gasteiger partial charge >= 0.3 is 0 Å². The molecule has 0 bridgehead atoms. The molecule has 0 amide bonds. The van der Waals surface area contributed by atoms with Gasteiger partial charge in [0.15, 0.2) is 0 Å². The van der Waals surface area contributed by atoms with Gasteiger partial charge in [-0.05, 0) is 31.0 Å². The number of nitrogens with one attached hydrogen (secondary N) is 1. The fourth-order valence-electron chi connectivity index (χ4n) is 1.77. The van der Waals surface area contributed by atoms with Gasteiger partial charge in [-0.25, -0.2) is 8.42 Å². The first-order valence-electron chi connectivity index (χ1n) is 5.99. The van der Waals surface area contributed by atoms with E-state index in [2.05, 4.69) is 29.3 Å². The smallest absolute Gasteiger partial charge is 0.147 e. The Labute approximate surface area is 110 Å². The zero-order valence-electron chi connectivity index (χ0n) is 11.5. The first-order valence-corrected chi connectivity index (χ1v) is 8.05. The van der Waals surface area contributed by atoms with Crippen LogP contribution in [-0.4, -0.2) is 41.1 Å². The molecule has 1 aromatic rings. The Morgan fingerprint density at radius 3 is 2.50 bits per heavy atom. The van der Waals surface area contributed by atoms with E-state index in [0.717, 1.165) is 5.69 Å². The summed E-state index contributed by atoms with van der Waals surface area (Å²) in [6.45, 7) is 2.74. The van der Waals surface area contributed by atoms with Gasteiger partial charge in [0.1, 0.15) is 9.84 Å². The van der Waals surface area contributed by atoms with E-state index in [1.54, 1.807) is 0 Å². The summed E-state index contributed by atoms with van der Waals surface area (Å²) in [4.78, 5) is 2.07. The molecule has 4 nitrogen and oxygen atoms in total. The molecule has 1 rings (SSSR count). The molecule has 1 N–H and O–H groups in total. The number of sulfone groups is 1. The van der Waals surface area contributed by atoms with Crippen LogP contribution in [0, 0.1) is 6.92 Å². The van der Waals surface area contributed by atoms with Crippen molar-refractivity contribution >= 4 is 21.2 Å². The maximum atomic E-state index is 11.0. The normalized spacial score (nSPS) is 11.3. The van der Waals surface area contributed by atoms with Crippen LogP contribution in [0.3, 0.4) is 0 Å². The molecule has 0 aliphatic rings. The minimum atomic E-state index is -2.86. The van der Waals surface area contributed by atoms with E-state index in [9.17, 15) is 8.42 Å². The highest BCUT2D eigenvalue weighted by Gasteiger charge is 2.03. The predicted molar refractivity (Wildman–Crippen MR) is 78.3 cm³/mol. The molecular weight excluding hydrogens is 248 g/mol. The lowest BCUT2D eigenvalue weighted by Gasteiger charge is -2.17. The number of aryl methyl sites for hydroxylation is 1. The Hall–Kier alpha value is -1.23. The number of anilines is 2. The summed E-state index contributed by atoms with van der Waals surface area (Å²) < 4.78 is 22.0. The Balaban J connectivity index is 2.56. The van der Waals surface area contributed by atoms with E-state index in [0.29, 0.717) is 13.0 Å². The second kappa shape index (κ2) is 6.09. The molecule has 0 radical (unpaired) electrons. The van der Waals surface area contributed by atoms with Crippen molar-refractivity contribution < 1.29 is 8.42 Å². The summed E-state index contributed by atoms with van der Waals surface area (Å²) >= 11 is 0. The highest BCUT2D eigenvalue weighted by molar-refractivity contribution is 7.90. The van der Waals surface area contributed by atoms with Crippen LogP contribution < -0.4 is 10.2 Å². The molecule has 0 fully saturated rings. The van der Waals surface area contributed by atoms with Crippen LogP contribution in [0.15, 0.2) is 18.2 Å².